The van der Waals surface area contributed by atoms with Gasteiger partial charge in [-0.1, -0.05) is 0 Å². The van der Waals surface area contributed by atoms with Gasteiger partial charge in [-0.2, -0.15) is 5.26 Å². The third kappa shape index (κ3) is 2.07. The van der Waals surface area contributed by atoms with Crippen LogP contribution < -0.4 is 4.74 Å². The molecule has 4 amide bonds. The van der Waals surface area contributed by atoms with E-state index >= 15 is 0 Å². The number of hydrogen-bond donors (Lipinski definition) is 0. The number of likely N-dealkylation sites (N-methyl/N-ethyl adjacent to an activating group) is 1. The van der Waals surface area contributed by atoms with Gasteiger partial charge in [0.05, 0.1) is 25.3 Å². The molecule has 0 aromatic heterocycles. The van der Waals surface area contributed by atoms with E-state index in [9.17, 15) is 14.4 Å². The molecule has 0 bridgehead atoms. The number of nitriles is 1. The van der Waals surface area contributed by atoms with Crippen LogP contribution in [0.25, 0.3) is 0 Å². The summed E-state index contributed by atoms with van der Waals surface area (Å²) in [5, 5.41) is 8.87. The number of imide groups is 2. The molecule has 1 saturated heterocycles. The summed E-state index contributed by atoms with van der Waals surface area (Å²) in [5.41, 5.74) is 0.857. The molecule has 20 heavy (non-hydrogen) atoms. The monoisotopic (exact) mass is 273 g/mol. The molecule has 1 fully saturated rings. The van der Waals surface area contributed by atoms with Crippen LogP contribution in [0.4, 0.5) is 4.79 Å². The molecule has 0 unspecified atom stereocenters. The van der Waals surface area contributed by atoms with Gasteiger partial charge in [0.1, 0.15) is 5.75 Å². The Morgan fingerprint density at radius 2 is 1.95 bits per heavy atom. The predicted molar refractivity (Wildman–Crippen MR) is 66.4 cm³/mol. The summed E-state index contributed by atoms with van der Waals surface area (Å²) in [4.78, 5) is 36.5. The third-order valence-electron chi connectivity index (χ3n) is 2.99. The Hall–Kier alpha value is -2.88. The van der Waals surface area contributed by atoms with E-state index in [4.69, 9.17) is 10.00 Å². The van der Waals surface area contributed by atoms with Crippen LogP contribution >= 0.6 is 0 Å². The lowest BCUT2D eigenvalue weighted by Gasteiger charge is -2.15. The summed E-state index contributed by atoms with van der Waals surface area (Å²) in [6.45, 7) is -0.119. The van der Waals surface area contributed by atoms with E-state index in [-0.39, 0.29) is 6.54 Å². The maximum atomic E-state index is 11.8. The summed E-state index contributed by atoms with van der Waals surface area (Å²) in [6.07, 6.45) is 0. The van der Waals surface area contributed by atoms with Crippen molar-refractivity contribution in [2.75, 3.05) is 14.2 Å². The van der Waals surface area contributed by atoms with Crippen molar-refractivity contribution in [3.63, 3.8) is 0 Å². The number of carbonyl (C=O) groups is 3. The zero-order valence-corrected chi connectivity index (χ0v) is 10.9. The lowest BCUT2D eigenvalue weighted by atomic mass is 10.1. The van der Waals surface area contributed by atoms with Crippen LogP contribution in [-0.2, 0) is 16.1 Å². The molecule has 0 aliphatic carbocycles. The quantitative estimate of drug-likeness (QED) is 0.590. The summed E-state index contributed by atoms with van der Waals surface area (Å²) >= 11 is 0. The number of amides is 4. The van der Waals surface area contributed by atoms with E-state index in [2.05, 4.69) is 0 Å². The van der Waals surface area contributed by atoms with Crippen molar-refractivity contribution >= 4 is 17.8 Å². The number of methoxy groups -OCH3 is 1. The molecule has 0 atom stereocenters. The maximum absolute atomic E-state index is 11.8. The van der Waals surface area contributed by atoms with Crippen LogP contribution in [0, 0.1) is 11.3 Å². The highest BCUT2D eigenvalue weighted by molar-refractivity contribution is 6.44. The first-order valence-corrected chi connectivity index (χ1v) is 5.70. The molecule has 2 rings (SSSR count). The Bertz CT molecular complexity index is 648. The second-order valence-electron chi connectivity index (χ2n) is 4.18. The van der Waals surface area contributed by atoms with E-state index in [1.165, 1.54) is 20.2 Å². The van der Waals surface area contributed by atoms with Crippen molar-refractivity contribution < 1.29 is 19.1 Å². The normalized spacial score (nSPS) is 14.8. The molecule has 0 saturated carbocycles. The second-order valence-corrected chi connectivity index (χ2v) is 4.18. The van der Waals surface area contributed by atoms with E-state index in [1.807, 2.05) is 6.07 Å². The Morgan fingerprint density at radius 1 is 1.25 bits per heavy atom. The molecule has 7 heteroatoms. The Labute approximate surface area is 114 Å². The smallest absolute Gasteiger partial charge is 0.334 e. The average Bonchev–Trinajstić information content (AvgIpc) is 2.65. The van der Waals surface area contributed by atoms with Crippen molar-refractivity contribution in [2.24, 2.45) is 0 Å². The van der Waals surface area contributed by atoms with Gasteiger partial charge < -0.3 is 4.74 Å². The lowest BCUT2D eigenvalue weighted by molar-refractivity contribution is -0.143. The number of carbonyl (C=O) groups excluding carboxylic acids is 3. The molecular formula is C13H11N3O4. The fraction of sp³-hybridized carbons (Fsp3) is 0.231. The zero-order valence-electron chi connectivity index (χ0n) is 10.9. The van der Waals surface area contributed by atoms with E-state index < -0.39 is 17.8 Å². The van der Waals surface area contributed by atoms with Crippen LogP contribution in [-0.4, -0.2) is 41.8 Å². The van der Waals surface area contributed by atoms with Gasteiger partial charge in [0.25, 0.3) is 0 Å². The first-order valence-electron chi connectivity index (χ1n) is 5.70. The highest BCUT2D eigenvalue weighted by Crippen LogP contribution is 2.23. The summed E-state index contributed by atoms with van der Waals surface area (Å²) in [7, 11) is 2.68. The molecule has 102 valence electrons. The molecule has 0 radical (unpaired) electrons. The minimum atomic E-state index is -0.887. The molecular weight excluding hydrogens is 262 g/mol. The Kier molecular flexibility index (Phi) is 3.39. The predicted octanol–water partition coefficient (Wildman–Crippen LogP) is 0.487. The van der Waals surface area contributed by atoms with Gasteiger partial charge in [-0.05, 0) is 18.2 Å². The van der Waals surface area contributed by atoms with Gasteiger partial charge in [-0.3, -0.25) is 19.4 Å². The molecule has 7 nitrogen and oxygen atoms in total. The van der Waals surface area contributed by atoms with Gasteiger partial charge in [-0.15, -0.1) is 0 Å². The molecule has 1 aliphatic heterocycles. The van der Waals surface area contributed by atoms with Gasteiger partial charge in [0.15, 0.2) is 0 Å². The maximum Gasteiger partial charge on any atom is 0.334 e. The molecule has 1 aliphatic rings. The summed E-state index contributed by atoms with van der Waals surface area (Å²) in [6, 6.07) is 5.92. The second kappa shape index (κ2) is 5.01. The van der Waals surface area contributed by atoms with Crippen LogP contribution in [0.5, 0.6) is 5.75 Å². The number of urea groups is 1. The molecule has 1 heterocycles. The van der Waals surface area contributed by atoms with Gasteiger partial charge in [-0.25, -0.2) is 4.79 Å². The SMILES string of the molecule is COc1ccc(C#N)cc1CN1C(=O)C(=O)N(C)C1=O. The Morgan fingerprint density at radius 3 is 2.45 bits per heavy atom. The van der Waals surface area contributed by atoms with Crippen LogP contribution in [0.3, 0.4) is 0 Å². The largest absolute Gasteiger partial charge is 0.496 e. The standard InChI is InChI=1S/C13H11N3O4/c1-15-11(17)12(18)16(13(15)19)7-9-5-8(6-14)3-4-10(9)20-2/h3-5H,7H2,1-2H3. The van der Waals surface area contributed by atoms with E-state index in [1.54, 1.807) is 12.1 Å². The van der Waals surface area contributed by atoms with Crippen molar-refractivity contribution in [3.8, 4) is 11.8 Å². The highest BCUT2D eigenvalue weighted by atomic mass is 16.5. The van der Waals surface area contributed by atoms with Crippen LogP contribution in [0.2, 0.25) is 0 Å². The first kappa shape index (κ1) is 13.5. The first-order chi connectivity index (χ1) is 9.49. The topological polar surface area (TPSA) is 90.7 Å². The van der Waals surface area contributed by atoms with Gasteiger partial charge >= 0.3 is 17.8 Å². The van der Waals surface area contributed by atoms with E-state index in [0.717, 1.165) is 9.80 Å². The minimum Gasteiger partial charge on any atom is -0.496 e. The molecule has 0 spiro atoms. The lowest BCUT2D eigenvalue weighted by Crippen LogP contribution is -2.31. The van der Waals surface area contributed by atoms with Crippen molar-refractivity contribution in [1.29, 1.82) is 5.26 Å². The fourth-order valence-electron chi connectivity index (χ4n) is 1.90. The fourth-order valence-corrected chi connectivity index (χ4v) is 1.90. The highest BCUT2D eigenvalue weighted by Gasteiger charge is 2.42. The summed E-state index contributed by atoms with van der Waals surface area (Å²) < 4.78 is 5.12. The minimum absolute atomic E-state index is 0.119. The molecule has 1 aromatic carbocycles. The summed E-state index contributed by atoms with van der Waals surface area (Å²) in [5.74, 6) is -1.32. The number of ether oxygens (including phenoxy) is 1. The van der Waals surface area contributed by atoms with Crippen molar-refractivity contribution in [1.82, 2.24) is 9.80 Å². The third-order valence-corrected chi connectivity index (χ3v) is 2.99. The van der Waals surface area contributed by atoms with Crippen LogP contribution in [0.15, 0.2) is 18.2 Å². The number of hydrogen-bond acceptors (Lipinski definition) is 5. The zero-order chi connectivity index (χ0) is 14.9. The average molecular weight is 273 g/mol. The van der Waals surface area contributed by atoms with Crippen molar-refractivity contribution in [2.45, 2.75) is 6.54 Å². The van der Waals surface area contributed by atoms with Gasteiger partial charge in [0, 0.05) is 12.6 Å². The molecule has 0 N–H and O–H groups in total. The number of rotatable bonds is 3. The van der Waals surface area contributed by atoms with Gasteiger partial charge in [0.2, 0.25) is 0 Å². The van der Waals surface area contributed by atoms with Crippen LogP contribution in [0.1, 0.15) is 11.1 Å². The van der Waals surface area contributed by atoms with E-state index in [0.29, 0.717) is 16.9 Å². The number of benzene rings is 1. The van der Waals surface area contributed by atoms with Crippen molar-refractivity contribution in [3.05, 3.63) is 29.3 Å². The Balaban J connectivity index is 2.35. The molecule has 1 aromatic rings. The number of nitrogens with zero attached hydrogens (tertiary/aromatic N) is 3.